The molecule has 1 fully saturated rings. The summed E-state index contributed by atoms with van der Waals surface area (Å²) in [4.78, 5) is 23.3. The van der Waals surface area contributed by atoms with Crippen LogP contribution in [-0.4, -0.2) is 27.7 Å². The number of nitro benzene ring substituents is 1. The molecule has 1 amide bonds. The average Bonchev–Trinajstić information content (AvgIpc) is 3.59. The highest BCUT2D eigenvalue weighted by Gasteiger charge is 2.42. The van der Waals surface area contributed by atoms with Gasteiger partial charge in [-0.1, -0.05) is 23.7 Å². The normalized spacial score (nSPS) is 13.4. The van der Waals surface area contributed by atoms with E-state index in [9.17, 15) is 28.1 Å². The number of anilines is 1. The van der Waals surface area contributed by atoms with Crippen molar-refractivity contribution < 1.29 is 32.4 Å². The summed E-state index contributed by atoms with van der Waals surface area (Å²) >= 11 is 5.96. The van der Waals surface area contributed by atoms with Crippen LogP contribution in [-0.2, 0) is 17.5 Å². The molecule has 190 valence electrons. The smallest absolute Gasteiger partial charge is 0.436 e. The summed E-state index contributed by atoms with van der Waals surface area (Å²) < 4.78 is 51.8. The number of nitrogens with one attached hydrogen (secondary N) is 1. The molecule has 0 bridgehead atoms. The first-order valence-electron chi connectivity index (χ1n) is 10.8. The third-order valence-corrected chi connectivity index (χ3v) is 5.77. The third-order valence-electron chi connectivity index (χ3n) is 5.40. The molecule has 0 atom stereocenters. The predicted octanol–water partition coefficient (Wildman–Crippen LogP) is 6.17. The van der Waals surface area contributed by atoms with Gasteiger partial charge in [0, 0.05) is 24.5 Å². The van der Waals surface area contributed by atoms with E-state index in [0.29, 0.717) is 24.3 Å². The number of aryl methyl sites for hydroxylation is 1. The maximum Gasteiger partial charge on any atom is 0.436 e. The van der Waals surface area contributed by atoms with Crippen LogP contribution in [0.3, 0.4) is 0 Å². The summed E-state index contributed by atoms with van der Waals surface area (Å²) in [5.74, 6) is 0.0727. The van der Waals surface area contributed by atoms with Crippen molar-refractivity contribution in [1.29, 1.82) is 0 Å². The number of methoxy groups -OCH3 is 1. The maximum atomic E-state index is 13.2. The number of halogens is 4. The number of alkyl halides is 3. The second-order valence-electron chi connectivity index (χ2n) is 8.07. The van der Waals surface area contributed by atoms with Gasteiger partial charge in [0.25, 0.3) is 5.69 Å². The lowest BCUT2D eigenvalue weighted by atomic mass is 10.2. The highest BCUT2D eigenvalue weighted by molar-refractivity contribution is 6.32. The Bertz CT molecular complexity index is 1310. The number of aromatic nitrogens is 2. The van der Waals surface area contributed by atoms with E-state index in [0.717, 1.165) is 10.7 Å². The van der Waals surface area contributed by atoms with Gasteiger partial charge in [-0.05, 0) is 25.0 Å². The highest BCUT2D eigenvalue weighted by atomic mass is 35.5. The molecule has 9 nitrogen and oxygen atoms in total. The second kappa shape index (κ2) is 10.1. The monoisotopic (exact) mass is 524 g/mol. The van der Waals surface area contributed by atoms with Gasteiger partial charge in [-0.3, -0.25) is 19.6 Å². The van der Waals surface area contributed by atoms with Gasteiger partial charge in [-0.2, -0.15) is 18.3 Å². The predicted molar refractivity (Wildman–Crippen MR) is 124 cm³/mol. The number of benzene rings is 2. The Kier molecular flexibility index (Phi) is 7.07. The first kappa shape index (κ1) is 25.3. The fraction of sp³-hybridized carbons (Fsp3) is 0.304. The van der Waals surface area contributed by atoms with Crippen LogP contribution in [0, 0.1) is 10.1 Å². The van der Waals surface area contributed by atoms with Crippen molar-refractivity contribution in [3.05, 3.63) is 69.0 Å². The van der Waals surface area contributed by atoms with Crippen LogP contribution in [0.1, 0.15) is 36.6 Å². The summed E-state index contributed by atoms with van der Waals surface area (Å²) in [6.07, 6.45) is -3.56. The second-order valence-corrected chi connectivity index (χ2v) is 8.44. The number of rotatable bonds is 9. The Morgan fingerprint density at radius 3 is 2.56 bits per heavy atom. The Labute approximate surface area is 207 Å². The quantitative estimate of drug-likeness (QED) is 0.265. The molecule has 0 spiro atoms. The molecule has 1 aliphatic rings. The zero-order chi connectivity index (χ0) is 26.0. The Morgan fingerprint density at radius 1 is 1.25 bits per heavy atom. The van der Waals surface area contributed by atoms with Crippen molar-refractivity contribution in [3.63, 3.8) is 0 Å². The number of nitrogens with zero attached hydrogens (tertiary/aromatic N) is 3. The average molecular weight is 525 g/mol. The summed E-state index contributed by atoms with van der Waals surface area (Å²) in [5, 5.41) is 17.1. The third kappa shape index (κ3) is 5.70. The highest BCUT2D eigenvalue weighted by Crippen LogP contribution is 2.47. The molecule has 36 heavy (non-hydrogen) atoms. The van der Waals surface area contributed by atoms with Crippen LogP contribution >= 0.6 is 11.6 Å². The molecule has 1 N–H and O–H groups in total. The van der Waals surface area contributed by atoms with Gasteiger partial charge < -0.3 is 14.8 Å². The lowest BCUT2D eigenvalue weighted by Crippen LogP contribution is -2.16. The fourth-order valence-electron chi connectivity index (χ4n) is 3.63. The number of amides is 1. The molecule has 1 heterocycles. The molecule has 13 heteroatoms. The van der Waals surface area contributed by atoms with E-state index in [1.807, 2.05) is 0 Å². The number of non-ortho nitro benzene ring substituents is 1. The molecular formula is C23H20ClF3N4O5. The molecule has 4 rings (SSSR count). The minimum absolute atomic E-state index is 0.0775. The van der Waals surface area contributed by atoms with Crippen molar-refractivity contribution >= 4 is 28.9 Å². The van der Waals surface area contributed by atoms with Gasteiger partial charge in [0.1, 0.15) is 5.75 Å². The van der Waals surface area contributed by atoms with Crippen LogP contribution in [0.2, 0.25) is 5.02 Å². The van der Waals surface area contributed by atoms with E-state index < -0.39 is 27.7 Å². The number of para-hydroxylation sites is 2. The van der Waals surface area contributed by atoms with Crippen molar-refractivity contribution in [2.75, 3.05) is 12.4 Å². The molecule has 2 aromatic carbocycles. The number of carbonyl (C=O) groups is 1. The van der Waals surface area contributed by atoms with Gasteiger partial charge in [-0.25, -0.2) is 0 Å². The lowest BCUT2D eigenvalue weighted by Gasteiger charge is -2.12. The van der Waals surface area contributed by atoms with Crippen molar-refractivity contribution in [2.45, 2.75) is 37.9 Å². The summed E-state index contributed by atoms with van der Waals surface area (Å²) in [6.45, 7) is -0.146. The van der Waals surface area contributed by atoms with Crippen LogP contribution in [0.25, 0.3) is 0 Å². The van der Waals surface area contributed by atoms with Crippen LogP contribution in [0.5, 0.6) is 17.2 Å². The first-order valence-corrected chi connectivity index (χ1v) is 11.2. The Hall–Kier alpha value is -3.80. The SMILES string of the molecule is COc1ccccc1Oc1cc(NC(=O)CCn2nc(C(F)(F)F)c(Cl)c2C2CC2)cc([N+](=O)[O-])c1. The van der Waals surface area contributed by atoms with Crippen molar-refractivity contribution in [2.24, 2.45) is 0 Å². The minimum Gasteiger partial charge on any atom is -0.493 e. The topological polar surface area (TPSA) is 109 Å². The van der Waals surface area contributed by atoms with Crippen molar-refractivity contribution in [1.82, 2.24) is 9.78 Å². The van der Waals surface area contributed by atoms with E-state index >= 15 is 0 Å². The summed E-state index contributed by atoms with van der Waals surface area (Å²) in [7, 11) is 1.44. The molecular weight excluding hydrogens is 505 g/mol. The largest absolute Gasteiger partial charge is 0.493 e. The number of hydrogen-bond acceptors (Lipinski definition) is 6. The molecule has 1 saturated carbocycles. The summed E-state index contributed by atoms with van der Waals surface area (Å²) in [6, 6.07) is 10.4. The zero-order valence-electron chi connectivity index (χ0n) is 18.8. The first-order chi connectivity index (χ1) is 17.1. The van der Waals surface area contributed by atoms with E-state index in [1.165, 1.54) is 19.2 Å². The maximum absolute atomic E-state index is 13.2. The Morgan fingerprint density at radius 2 is 1.94 bits per heavy atom. The molecule has 3 aromatic rings. The van der Waals surface area contributed by atoms with Gasteiger partial charge in [0.05, 0.1) is 41.0 Å². The Balaban J connectivity index is 1.50. The van der Waals surface area contributed by atoms with Crippen LogP contribution in [0.15, 0.2) is 42.5 Å². The fourth-order valence-corrected chi connectivity index (χ4v) is 4.03. The molecule has 1 aromatic heterocycles. The number of ether oxygens (including phenoxy) is 2. The van der Waals surface area contributed by atoms with E-state index in [4.69, 9.17) is 21.1 Å². The molecule has 0 aliphatic heterocycles. The van der Waals surface area contributed by atoms with Gasteiger partial charge in [-0.15, -0.1) is 0 Å². The molecule has 1 aliphatic carbocycles. The van der Waals surface area contributed by atoms with Gasteiger partial charge >= 0.3 is 6.18 Å². The number of nitro groups is 1. The van der Waals surface area contributed by atoms with Crippen molar-refractivity contribution in [3.8, 4) is 17.2 Å². The lowest BCUT2D eigenvalue weighted by molar-refractivity contribution is -0.384. The zero-order valence-corrected chi connectivity index (χ0v) is 19.6. The van der Waals surface area contributed by atoms with Gasteiger partial charge in [0.15, 0.2) is 17.2 Å². The van der Waals surface area contributed by atoms with E-state index in [1.54, 1.807) is 24.3 Å². The van der Waals surface area contributed by atoms with E-state index in [2.05, 4.69) is 10.4 Å². The van der Waals surface area contributed by atoms with Crippen LogP contribution in [0.4, 0.5) is 24.5 Å². The van der Waals surface area contributed by atoms with E-state index in [-0.39, 0.29) is 41.7 Å². The number of hydrogen-bond donors (Lipinski definition) is 1. The molecule has 0 unspecified atom stereocenters. The minimum atomic E-state index is -4.71. The standard InChI is InChI=1S/C23H20ClF3N4O5/c1-35-17-4-2-3-5-18(17)36-16-11-14(10-15(12-16)31(33)34)28-19(32)8-9-30-21(13-6-7-13)20(24)22(29-30)23(25,26)27/h2-5,10-13H,6-9H2,1H3,(H,28,32). The summed E-state index contributed by atoms with van der Waals surface area (Å²) in [5.41, 5.74) is -1.17. The number of carbonyl (C=O) groups excluding carboxylic acids is 1. The van der Waals surface area contributed by atoms with Gasteiger partial charge in [0.2, 0.25) is 5.91 Å². The molecule has 0 radical (unpaired) electrons. The molecule has 0 saturated heterocycles. The van der Waals surface area contributed by atoms with Crippen LogP contribution < -0.4 is 14.8 Å².